The van der Waals surface area contributed by atoms with Crippen LogP contribution in [0.2, 0.25) is 5.02 Å². The van der Waals surface area contributed by atoms with Crippen LogP contribution in [-0.4, -0.2) is 14.2 Å². The van der Waals surface area contributed by atoms with Gasteiger partial charge in [0.15, 0.2) is 0 Å². The van der Waals surface area contributed by atoms with Crippen molar-refractivity contribution in [3.05, 3.63) is 22.7 Å². The molecular formula is C13H18ClNO2. The van der Waals surface area contributed by atoms with Gasteiger partial charge in [0, 0.05) is 11.6 Å². The third-order valence-electron chi connectivity index (χ3n) is 3.51. The second-order valence-electron chi connectivity index (χ2n) is 4.61. The molecule has 0 heterocycles. The molecule has 2 rings (SSSR count). The van der Waals surface area contributed by atoms with Crippen molar-refractivity contribution in [1.82, 2.24) is 0 Å². The average molecular weight is 256 g/mol. The number of benzene rings is 1. The summed E-state index contributed by atoms with van der Waals surface area (Å²) in [4.78, 5) is 0. The Bertz CT molecular complexity index is 422. The van der Waals surface area contributed by atoms with E-state index in [9.17, 15) is 0 Å². The highest BCUT2D eigenvalue weighted by Crippen LogP contribution is 2.49. The molecule has 1 aromatic carbocycles. The maximum atomic E-state index is 6.25. The highest BCUT2D eigenvalue weighted by Gasteiger charge is 2.39. The Balaban J connectivity index is 2.36. The van der Waals surface area contributed by atoms with Gasteiger partial charge in [0.1, 0.15) is 16.5 Å². The van der Waals surface area contributed by atoms with E-state index in [-0.39, 0.29) is 6.04 Å². The number of rotatable bonds is 4. The van der Waals surface area contributed by atoms with Gasteiger partial charge in [-0.15, -0.1) is 0 Å². The number of nitrogens with two attached hydrogens (primary N) is 1. The number of ether oxygens (including phenoxy) is 2. The molecule has 1 aliphatic carbocycles. The van der Waals surface area contributed by atoms with E-state index in [0.29, 0.717) is 28.4 Å². The molecule has 0 amide bonds. The van der Waals surface area contributed by atoms with Gasteiger partial charge in [0.2, 0.25) is 0 Å². The van der Waals surface area contributed by atoms with Crippen LogP contribution >= 0.6 is 11.6 Å². The molecule has 0 spiro atoms. The Morgan fingerprint density at radius 1 is 1.35 bits per heavy atom. The van der Waals surface area contributed by atoms with Crippen LogP contribution in [0, 0.1) is 11.8 Å². The lowest BCUT2D eigenvalue weighted by atomic mass is 10.0. The molecule has 1 saturated carbocycles. The molecule has 0 saturated heterocycles. The molecule has 0 aromatic heterocycles. The van der Waals surface area contributed by atoms with E-state index < -0.39 is 0 Å². The average Bonchev–Trinajstić information content (AvgIpc) is 3.05. The van der Waals surface area contributed by atoms with Crippen LogP contribution in [0.5, 0.6) is 11.5 Å². The normalized spacial score (nSPS) is 24.3. The van der Waals surface area contributed by atoms with Gasteiger partial charge in [-0.1, -0.05) is 18.5 Å². The molecule has 4 heteroatoms. The molecule has 3 nitrogen and oxygen atoms in total. The largest absolute Gasteiger partial charge is 0.495 e. The second-order valence-corrected chi connectivity index (χ2v) is 4.98. The summed E-state index contributed by atoms with van der Waals surface area (Å²) in [5, 5.41) is 0.497. The molecule has 1 aliphatic rings. The minimum Gasteiger partial charge on any atom is -0.495 e. The van der Waals surface area contributed by atoms with Crippen molar-refractivity contribution in [3.63, 3.8) is 0 Å². The predicted octanol–water partition coefficient (Wildman–Crippen LogP) is 3.01. The zero-order valence-corrected chi connectivity index (χ0v) is 11.1. The lowest BCUT2D eigenvalue weighted by Gasteiger charge is -2.18. The van der Waals surface area contributed by atoms with Crippen LogP contribution in [0.15, 0.2) is 12.1 Å². The van der Waals surface area contributed by atoms with Crippen molar-refractivity contribution in [2.45, 2.75) is 19.4 Å². The molecule has 0 aliphatic heterocycles. The molecule has 1 aromatic rings. The first-order chi connectivity index (χ1) is 8.10. The van der Waals surface area contributed by atoms with Gasteiger partial charge >= 0.3 is 0 Å². The Labute approximate surface area is 107 Å². The van der Waals surface area contributed by atoms with Crippen LogP contribution in [0.4, 0.5) is 0 Å². The van der Waals surface area contributed by atoms with Crippen molar-refractivity contribution < 1.29 is 9.47 Å². The van der Waals surface area contributed by atoms with Gasteiger partial charge in [0.05, 0.1) is 14.2 Å². The molecule has 2 N–H and O–H groups in total. The molecule has 3 atom stereocenters. The standard InChI is InChI=1S/C13H18ClNO2/c1-7-6-9(7)12(15)8-4-5-10(16-2)11(14)13(8)17-3/h4-5,7,9,12H,6,15H2,1-3H3. The zero-order chi connectivity index (χ0) is 12.6. The van der Waals surface area contributed by atoms with Crippen LogP contribution < -0.4 is 15.2 Å². The third-order valence-corrected chi connectivity index (χ3v) is 3.87. The fourth-order valence-electron chi connectivity index (χ4n) is 2.26. The fraction of sp³-hybridized carbons (Fsp3) is 0.538. The summed E-state index contributed by atoms with van der Waals surface area (Å²) >= 11 is 6.21. The maximum Gasteiger partial charge on any atom is 0.146 e. The Hall–Kier alpha value is -0.930. The fourth-order valence-corrected chi connectivity index (χ4v) is 2.59. The summed E-state index contributed by atoms with van der Waals surface area (Å²) in [6, 6.07) is 3.77. The van der Waals surface area contributed by atoms with Crippen LogP contribution in [-0.2, 0) is 0 Å². The van der Waals surface area contributed by atoms with E-state index in [2.05, 4.69) is 6.92 Å². The summed E-state index contributed by atoms with van der Waals surface area (Å²) in [6.45, 7) is 2.21. The van der Waals surface area contributed by atoms with E-state index in [4.69, 9.17) is 26.8 Å². The topological polar surface area (TPSA) is 44.5 Å². The van der Waals surface area contributed by atoms with E-state index >= 15 is 0 Å². The van der Waals surface area contributed by atoms with Crippen molar-refractivity contribution in [2.75, 3.05) is 14.2 Å². The van der Waals surface area contributed by atoms with Crippen LogP contribution in [0.1, 0.15) is 24.9 Å². The number of hydrogen-bond donors (Lipinski definition) is 1. The van der Waals surface area contributed by atoms with E-state index in [1.807, 2.05) is 12.1 Å². The zero-order valence-electron chi connectivity index (χ0n) is 10.4. The molecule has 0 bridgehead atoms. The molecule has 0 radical (unpaired) electrons. The minimum atomic E-state index is -0.0108. The number of hydrogen-bond acceptors (Lipinski definition) is 3. The molecule has 94 valence electrons. The predicted molar refractivity (Wildman–Crippen MR) is 68.8 cm³/mol. The number of halogens is 1. The summed E-state index contributed by atoms with van der Waals surface area (Å²) in [5.74, 6) is 2.48. The smallest absolute Gasteiger partial charge is 0.146 e. The summed E-state index contributed by atoms with van der Waals surface area (Å²) < 4.78 is 10.5. The van der Waals surface area contributed by atoms with E-state index in [1.165, 1.54) is 6.42 Å². The minimum absolute atomic E-state index is 0.0108. The molecule has 1 fully saturated rings. The van der Waals surface area contributed by atoms with Gasteiger partial charge in [-0.25, -0.2) is 0 Å². The van der Waals surface area contributed by atoms with Gasteiger partial charge in [-0.2, -0.15) is 0 Å². The Morgan fingerprint density at radius 3 is 2.47 bits per heavy atom. The van der Waals surface area contributed by atoms with Gasteiger partial charge in [-0.3, -0.25) is 0 Å². The van der Waals surface area contributed by atoms with Crippen LogP contribution in [0.3, 0.4) is 0 Å². The second kappa shape index (κ2) is 4.75. The highest BCUT2D eigenvalue weighted by atomic mass is 35.5. The van der Waals surface area contributed by atoms with Gasteiger partial charge in [-0.05, 0) is 30.4 Å². The molecule has 3 unspecified atom stereocenters. The Kier molecular flexibility index (Phi) is 3.50. The van der Waals surface area contributed by atoms with E-state index in [0.717, 1.165) is 5.56 Å². The first kappa shape index (κ1) is 12.5. The van der Waals surface area contributed by atoms with Crippen LogP contribution in [0.25, 0.3) is 0 Å². The summed E-state index contributed by atoms with van der Waals surface area (Å²) in [7, 11) is 3.19. The van der Waals surface area contributed by atoms with E-state index in [1.54, 1.807) is 14.2 Å². The SMILES string of the molecule is COc1ccc(C(N)C2CC2C)c(OC)c1Cl. The lowest BCUT2D eigenvalue weighted by Crippen LogP contribution is -2.14. The molecule has 17 heavy (non-hydrogen) atoms. The number of methoxy groups -OCH3 is 2. The first-order valence-electron chi connectivity index (χ1n) is 5.76. The van der Waals surface area contributed by atoms with Crippen molar-refractivity contribution in [2.24, 2.45) is 17.6 Å². The lowest BCUT2D eigenvalue weighted by molar-refractivity contribution is 0.386. The first-order valence-corrected chi connectivity index (χ1v) is 6.13. The summed E-state index contributed by atoms with van der Waals surface area (Å²) in [6.07, 6.45) is 1.17. The maximum absolute atomic E-state index is 6.25. The van der Waals surface area contributed by atoms with Crippen molar-refractivity contribution in [1.29, 1.82) is 0 Å². The molecular weight excluding hydrogens is 238 g/mol. The monoisotopic (exact) mass is 255 g/mol. The van der Waals surface area contributed by atoms with Crippen molar-refractivity contribution >= 4 is 11.6 Å². The highest BCUT2D eigenvalue weighted by molar-refractivity contribution is 6.33. The summed E-state index contributed by atoms with van der Waals surface area (Å²) in [5.41, 5.74) is 7.21. The van der Waals surface area contributed by atoms with Crippen molar-refractivity contribution in [3.8, 4) is 11.5 Å². The quantitative estimate of drug-likeness (QED) is 0.900. The Morgan fingerprint density at radius 2 is 2.00 bits per heavy atom. The van der Waals surface area contributed by atoms with Gasteiger partial charge in [0.25, 0.3) is 0 Å². The third kappa shape index (κ3) is 2.22. The van der Waals surface area contributed by atoms with Gasteiger partial charge < -0.3 is 15.2 Å².